The van der Waals surface area contributed by atoms with Crippen LogP contribution in [0.3, 0.4) is 0 Å². The minimum atomic E-state index is 0.559. The number of rotatable bonds is 1. The van der Waals surface area contributed by atoms with Gasteiger partial charge in [0, 0.05) is 7.05 Å². The minimum Gasteiger partial charge on any atom is -0.223 e. The fourth-order valence-corrected chi connectivity index (χ4v) is 0.746. The Balaban J connectivity index is 2.94. The fraction of sp³-hybridized carbons (Fsp3) is 0.125. The van der Waals surface area contributed by atoms with Gasteiger partial charge in [0.1, 0.15) is 0 Å². The summed E-state index contributed by atoms with van der Waals surface area (Å²) in [5, 5.41) is 19.9. The molecule has 0 saturated heterocycles. The van der Waals surface area contributed by atoms with Crippen LogP contribution < -0.4 is 5.06 Å². The monoisotopic (exact) mass is 147 g/mol. The third-order valence-corrected chi connectivity index (χ3v) is 1.36. The molecule has 0 fully saturated rings. The molecule has 11 heavy (non-hydrogen) atoms. The van der Waals surface area contributed by atoms with Gasteiger partial charge in [-0.1, -0.05) is 5.21 Å². The maximum Gasteiger partial charge on any atom is 0.0991 e. The minimum absolute atomic E-state index is 0.559. The van der Waals surface area contributed by atoms with Gasteiger partial charge in [0.2, 0.25) is 0 Å². The Morgan fingerprint density at radius 2 is 1.91 bits per heavy atom. The van der Waals surface area contributed by atoms with Crippen molar-refractivity contribution in [3.8, 4) is 6.07 Å². The first-order chi connectivity index (χ1) is 5.24. The quantitative estimate of drug-likeness (QED) is 0.563. The average Bonchev–Trinajstić information content (AvgIpc) is 2.05. The van der Waals surface area contributed by atoms with E-state index in [1.165, 1.54) is 7.05 Å². The standard InChI is InChI=1S/C8H7N2O/c1-10(11)8-4-2-7(6-9)3-5-8/h2-5H,1H3. The van der Waals surface area contributed by atoms with Crippen molar-refractivity contribution in [3.05, 3.63) is 29.8 Å². The molecule has 55 valence electrons. The molecule has 1 aromatic carbocycles. The van der Waals surface area contributed by atoms with Crippen LogP contribution in [0.2, 0.25) is 0 Å². The van der Waals surface area contributed by atoms with Gasteiger partial charge < -0.3 is 0 Å². The number of benzene rings is 1. The summed E-state index contributed by atoms with van der Waals surface area (Å²) < 4.78 is 0. The van der Waals surface area contributed by atoms with Crippen LogP contribution in [0, 0.1) is 11.3 Å². The molecule has 0 saturated carbocycles. The molecular weight excluding hydrogens is 140 g/mol. The second kappa shape index (κ2) is 3.04. The predicted octanol–water partition coefficient (Wildman–Crippen LogP) is 1.34. The van der Waals surface area contributed by atoms with E-state index in [-0.39, 0.29) is 0 Å². The molecule has 0 spiro atoms. The first kappa shape index (κ1) is 7.58. The van der Waals surface area contributed by atoms with E-state index in [1.54, 1.807) is 24.3 Å². The van der Waals surface area contributed by atoms with Gasteiger partial charge in [-0.15, -0.1) is 0 Å². The van der Waals surface area contributed by atoms with E-state index in [4.69, 9.17) is 5.26 Å². The molecule has 1 aromatic rings. The lowest BCUT2D eigenvalue weighted by atomic mass is 10.2. The van der Waals surface area contributed by atoms with Crippen molar-refractivity contribution in [1.29, 1.82) is 5.26 Å². The third kappa shape index (κ3) is 1.69. The maximum atomic E-state index is 10.7. The van der Waals surface area contributed by atoms with Gasteiger partial charge in [-0.05, 0) is 24.3 Å². The van der Waals surface area contributed by atoms with Crippen molar-refractivity contribution in [2.75, 3.05) is 12.1 Å². The van der Waals surface area contributed by atoms with Gasteiger partial charge >= 0.3 is 0 Å². The molecule has 3 heteroatoms. The summed E-state index contributed by atoms with van der Waals surface area (Å²) in [5.74, 6) is 0. The molecule has 0 heterocycles. The summed E-state index contributed by atoms with van der Waals surface area (Å²) >= 11 is 0. The highest BCUT2D eigenvalue weighted by molar-refractivity contribution is 5.46. The Bertz CT molecular complexity index is 271. The van der Waals surface area contributed by atoms with Gasteiger partial charge in [0.25, 0.3) is 0 Å². The molecule has 0 unspecified atom stereocenters. The van der Waals surface area contributed by atoms with Crippen molar-refractivity contribution >= 4 is 5.69 Å². The Kier molecular flexibility index (Phi) is 2.09. The molecule has 0 aliphatic carbocycles. The van der Waals surface area contributed by atoms with E-state index in [9.17, 15) is 5.21 Å². The molecule has 0 aromatic heterocycles. The normalized spacial score (nSPS) is 8.82. The maximum absolute atomic E-state index is 10.7. The zero-order chi connectivity index (χ0) is 8.27. The number of nitrogens with zero attached hydrogens (tertiary/aromatic N) is 2. The zero-order valence-corrected chi connectivity index (χ0v) is 6.11. The number of hydrogen-bond acceptors (Lipinski definition) is 2. The summed E-state index contributed by atoms with van der Waals surface area (Å²) in [5.41, 5.74) is 1.12. The van der Waals surface area contributed by atoms with Crippen LogP contribution >= 0.6 is 0 Å². The van der Waals surface area contributed by atoms with E-state index in [1.807, 2.05) is 6.07 Å². The van der Waals surface area contributed by atoms with Crippen molar-refractivity contribution in [2.45, 2.75) is 0 Å². The van der Waals surface area contributed by atoms with E-state index in [0.717, 1.165) is 5.06 Å². The molecule has 1 radical (unpaired) electrons. The molecule has 3 nitrogen and oxygen atoms in total. The first-order valence-electron chi connectivity index (χ1n) is 3.15. The Morgan fingerprint density at radius 1 is 1.36 bits per heavy atom. The van der Waals surface area contributed by atoms with E-state index in [2.05, 4.69) is 0 Å². The van der Waals surface area contributed by atoms with Crippen LogP contribution in [0.4, 0.5) is 5.69 Å². The topological polar surface area (TPSA) is 46.9 Å². The molecular formula is C8H7N2O. The SMILES string of the molecule is CN([O])c1ccc(C#N)cc1. The van der Waals surface area contributed by atoms with Crippen LogP contribution in [0.25, 0.3) is 0 Å². The van der Waals surface area contributed by atoms with Gasteiger partial charge in [-0.25, -0.2) is 5.06 Å². The van der Waals surface area contributed by atoms with E-state index in [0.29, 0.717) is 11.3 Å². The summed E-state index contributed by atoms with van der Waals surface area (Å²) in [6.45, 7) is 0. The summed E-state index contributed by atoms with van der Waals surface area (Å²) in [7, 11) is 1.42. The molecule has 0 aliphatic rings. The van der Waals surface area contributed by atoms with Crippen LogP contribution in [-0.4, -0.2) is 7.05 Å². The van der Waals surface area contributed by atoms with Crippen LogP contribution in [0.5, 0.6) is 0 Å². The van der Waals surface area contributed by atoms with Crippen LogP contribution in [0.1, 0.15) is 5.56 Å². The van der Waals surface area contributed by atoms with Crippen molar-refractivity contribution in [1.82, 2.24) is 0 Å². The number of anilines is 1. The van der Waals surface area contributed by atoms with Crippen LogP contribution in [-0.2, 0) is 5.21 Å². The number of nitriles is 1. The third-order valence-electron chi connectivity index (χ3n) is 1.36. The van der Waals surface area contributed by atoms with Crippen molar-refractivity contribution in [3.63, 3.8) is 0 Å². The Hall–Kier alpha value is -1.53. The highest BCUT2D eigenvalue weighted by Gasteiger charge is 1.96. The average molecular weight is 147 g/mol. The highest BCUT2D eigenvalue weighted by Crippen LogP contribution is 2.11. The van der Waals surface area contributed by atoms with Crippen molar-refractivity contribution in [2.24, 2.45) is 0 Å². The molecule has 0 bridgehead atoms. The second-order valence-corrected chi connectivity index (χ2v) is 2.16. The van der Waals surface area contributed by atoms with Gasteiger partial charge in [0.15, 0.2) is 0 Å². The lowest BCUT2D eigenvalue weighted by Gasteiger charge is -2.05. The van der Waals surface area contributed by atoms with E-state index < -0.39 is 0 Å². The highest BCUT2D eigenvalue weighted by atomic mass is 16.5. The van der Waals surface area contributed by atoms with Crippen molar-refractivity contribution < 1.29 is 5.21 Å². The molecule has 0 amide bonds. The molecule has 0 aliphatic heterocycles. The molecule has 1 rings (SSSR count). The largest absolute Gasteiger partial charge is 0.223 e. The summed E-state index contributed by atoms with van der Waals surface area (Å²) in [6, 6.07) is 8.44. The summed E-state index contributed by atoms with van der Waals surface area (Å²) in [4.78, 5) is 0. The Labute approximate surface area is 65.1 Å². The zero-order valence-electron chi connectivity index (χ0n) is 6.11. The number of hydrogen-bond donors (Lipinski definition) is 0. The molecule has 0 atom stereocenters. The van der Waals surface area contributed by atoms with E-state index >= 15 is 0 Å². The van der Waals surface area contributed by atoms with Gasteiger partial charge in [0.05, 0.1) is 17.3 Å². The lowest BCUT2D eigenvalue weighted by molar-refractivity contribution is 0.177. The Morgan fingerprint density at radius 3 is 2.27 bits per heavy atom. The van der Waals surface area contributed by atoms with Gasteiger partial charge in [-0.3, -0.25) is 0 Å². The number of hydroxylamine groups is 1. The second-order valence-electron chi connectivity index (χ2n) is 2.16. The molecule has 0 N–H and O–H groups in total. The lowest BCUT2D eigenvalue weighted by Crippen LogP contribution is -2.06. The van der Waals surface area contributed by atoms with Crippen LogP contribution in [0.15, 0.2) is 24.3 Å². The first-order valence-corrected chi connectivity index (χ1v) is 3.15. The smallest absolute Gasteiger partial charge is 0.0991 e. The predicted molar refractivity (Wildman–Crippen MR) is 40.2 cm³/mol. The fourth-order valence-electron chi connectivity index (χ4n) is 0.746. The summed E-state index contributed by atoms with van der Waals surface area (Å²) in [6.07, 6.45) is 0. The van der Waals surface area contributed by atoms with Gasteiger partial charge in [-0.2, -0.15) is 5.26 Å².